The lowest BCUT2D eigenvalue weighted by Crippen LogP contribution is -2.06. The van der Waals surface area contributed by atoms with Gasteiger partial charge in [0.05, 0.1) is 16.5 Å². The summed E-state index contributed by atoms with van der Waals surface area (Å²) in [5.41, 5.74) is 11.5. The molecule has 0 aliphatic heterocycles. The maximum atomic E-state index is 9.46. The van der Waals surface area contributed by atoms with E-state index in [4.69, 9.17) is 10.5 Å². The molecule has 0 radical (unpaired) electrons. The minimum Gasteiger partial charge on any atom is -0.490 e. The first kappa shape index (κ1) is 21.0. The number of thiazole rings is 1. The molecule has 0 bridgehead atoms. The zero-order valence-electron chi connectivity index (χ0n) is 17.4. The van der Waals surface area contributed by atoms with E-state index in [-0.39, 0.29) is 12.1 Å². The van der Waals surface area contributed by atoms with Gasteiger partial charge in [-0.25, -0.2) is 4.98 Å². The second-order valence-electron chi connectivity index (χ2n) is 7.04. The standard InChI is InChI=1S/C22H21N3OS.C2H6/c1-13(2)26-20-9-6-14(10-15(20)11-23)22-25-12-21(27-22)18-5-3-4-17-16(18)7-8-19(17)24;1-2/h3-6,9-10,12-13,19H,7-8,24H2,1-2H3;1-2H3. The van der Waals surface area contributed by atoms with Gasteiger partial charge in [0.25, 0.3) is 0 Å². The molecule has 2 aromatic carbocycles. The molecule has 1 aromatic heterocycles. The Labute approximate surface area is 177 Å². The molecular formula is C24H27N3OS. The van der Waals surface area contributed by atoms with Gasteiger partial charge in [-0.2, -0.15) is 5.26 Å². The predicted molar refractivity (Wildman–Crippen MR) is 120 cm³/mol. The van der Waals surface area contributed by atoms with Crippen LogP contribution < -0.4 is 10.5 Å². The molecule has 0 saturated carbocycles. The second-order valence-corrected chi connectivity index (χ2v) is 8.07. The van der Waals surface area contributed by atoms with Crippen molar-refractivity contribution in [2.24, 2.45) is 5.73 Å². The van der Waals surface area contributed by atoms with E-state index in [9.17, 15) is 5.26 Å². The van der Waals surface area contributed by atoms with Crippen molar-refractivity contribution in [3.8, 4) is 32.8 Å². The molecule has 29 heavy (non-hydrogen) atoms. The van der Waals surface area contributed by atoms with Gasteiger partial charge >= 0.3 is 0 Å². The van der Waals surface area contributed by atoms with Crippen molar-refractivity contribution in [1.82, 2.24) is 4.98 Å². The Morgan fingerprint density at radius 3 is 2.76 bits per heavy atom. The second kappa shape index (κ2) is 9.21. The fourth-order valence-corrected chi connectivity index (χ4v) is 4.52. The topological polar surface area (TPSA) is 71.9 Å². The van der Waals surface area contributed by atoms with Crippen molar-refractivity contribution >= 4 is 11.3 Å². The van der Waals surface area contributed by atoms with Crippen molar-refractivity contribution in [2.75, 3.05) is 0 Å². The summed E-state index contributed by atoms with van der Waals surface area (Å²) in [4.78, 5) is 5.75. The van der Waals surface area contributed by atoms with E-state index in [0.717, 1.165) is 28.3 Å². The molecule has 1 aliphatic carbocycles. The summed E-state index contributed by atoms with van der Waals surface area (Å²) >= 11 is 1.64. The SMILES string of the molecule is CC.CC(C)Oc1ccc(-c2ncc(-c3cccc4c3CCC4N)s2)cc1C#N. The van der Waals surface area contributed by atoms with E-state index in [1.807, 2.05) is 52.1 Å². The van der Waals surface area contributed by atoms with Crippen LogP contribution in [0, 0.1) is 11.3 Å². The molecular weight excluding hydrogens is 378 g/mol. The molecule has 1 heterocycles. The van der Waals surface area contributed by atoms with Crippen molar-refractivity contribution in [3.05, 3.63) is 59.3 Å². The first-order valence-corrected chi connectivity index (χ1v) is 10.9. The molecule has 1 unspecified atom stereocenters. The quantitative estimate of drug-likeness (QED) is 0.568. The monoisotopic (exact) mass is 405 g/mol. The van der Waals surface area contributed by atoms with E-state index >= 15 is 0 Å². The number of nitriles is 1. The van der Waals surface area contributed by atoms with Crippen LogP contribution in [0.4, 0.5) is 0 Å². The van der Waals surface area contributed by atoms with Crippen LogP contribution in [0.2, 0.25) is 0 Å². The van der Waals surface area contributed by atoms with E-state index in [1.54, 1.807) is 11.3 Å². The smallest absolute Gasteiger partial charge is 0.137 e. The normalized spacial score (nSPS) is 14.7. The van der Waals surface area contributed by atoms with Crippen molar-refractivity contribution in [1.29, 1.82) is 5.26 Å². The zero-order valence-corrected chi connectivity index (χ0v) is 18.2. The van der Waals surface area contributed by atoms with E-state index in [1.165, 1.54) is 16.7 Å². The summed E-state index contributed by atoms with van der Waals surface area (Å²) in [5.74, 6) is 0.614. The van der Waals surface area contributed by atoms with E-state index < -0.39 is 0 Å². The van der Waals surface area contributed by atoms with Gasteiger partial charge < -0.3 is 10.5 Å². The molecule has 0 fully saturated rings. The van der Waals surface area contributed by atoms with Crippen molar-refractivity contribution in [3.63, 3.8) is 0 Å². The van der Waals surface area contributed by atoms with Gasteiger partial charge in [0.2, 0.25) is 0 Å². The first-order chi connectivity index (χ1) is 14.1. The molecule has 4 rings (SSSR count). The highest BCUT2D eigenvalue weighted by Crippen LogP contribution is 2.40. The Morgan fingerprint density at radius 1 is 1.24 bits per heavy atom. The van der Waals surface area contributed by atoms with Gasteiger partial charge in [-0.3, -0.25) is 0 Å². The third kappa shape index (κ3) is 4.34. The lowest BCUT2D eigenvalue weighted by molar-refractivity contribution is 0.242. The average molecular weight is 406 g/mol. The molecule has 0 amide bonds. The lowest BCUT2D eigenvalue weighted by atomic mass is 10.0. The Morgan fingerprint density at radius 2 is 2.03 bits per heavy atom. The van der Waals surface area contributed by atoms with Crippen LogP contribution in [0.15, 0.2) is 42.6 Å². The maximum Gasteiger partial charge on any atom is 0.137 e. The molecule has 1 aliphatic rings. The number of nitrogens with zero attached hydrogens (tertiary/aromatic N) is 2. The fourth-order valence-electron chi connectivity index (χ4n) is 3.56. The third-order valence-electron chi connectivity index (χ3n) is 4.80. The van der Waals surface area contributed by atoms with Crippen LogP contribution in [-0.2, 0) is 6.42 Å². The van der Waals surface area contributed by atoms with Crippen LogP contribution in [0.5, 0.6) is 5.75 Å². The largest absolute Gasteiger partial charge is 0.490 e. The number of hydrogen-bond acceptors (Lipinski definition) is 5. The van der Waals surface area contributed by atoms with Crippen molar-refractivity contribution in [2.45, 2.75) is 52.7 Å². The summed E-state index contributed by atoms with van der Waals surface area (Å²) in [7, 11) is 0. The Balaban J connectivity index is 0.00000117. The number of hydrogen-bond donors (Lipinski definition) is 1. The summed E-state index contributed by atoms with van der Waals surface area (Å²) < 4.78 is 5.71. The molecule has 5 heteroatoms. The Kier molecular flexibility index (Phi) is 6.68. The predicted octanol–water partition coefficient (Wildman–Crippen LogP) is 6.11. The van der Waals surface area contributed by atoms with Crippen LogP contribution in [-0.4, -0.2) is 11.1 Å². The molecule has 3 aromatic rings. The molecule has 1 atom stereocenters. The Hall–Kier alpha value is -2.68. The first-order valence-electron chi connectivity index (χ1n) is 10.1. The summed E-state index contributed by atoms with van der Waals surface area (Å²) in [6, 6.07) is 14.4. The minimum absolute atomic E-state index is 0.0287. The number of nitrogens with two attached hydrogens (primary N) is 1. The highest BCUT2D eigenvalue weighted by atomic mass is 32.1. The average Bonchev–Trinajstić information content (AvgIpc) is 3.37. The molecule has 0 spiro atoms. The van der Waals surface area contributed by atoms with E-state index in [2.05, 4.69) is 29.3 Å². The molecule has 150 valence electrons. The highest BCUT2D eigenvalue weighted by molar-refractivity contribution is 7.18. The van der Waals surface area contributed by atoms with Gasteiger partial charge in [-0.15, -0.1) is 11.3 Å². The van der Waals surface area contributed by atoms with E-state index in [0.29, 0.717) is 11.3 Å². The van der Waals surface area contributed by atoms with Gasteiger partial charge in [-0.05, 0) is 61.6 Å². The molecule has 4 nitrogen and oxygen atoms in total. The number of benzene rings is 2. The summed E-state index contributed by atoms with van der Waals surface area (Å²) in [6.45, 7) is 7.90. The van der Waals surface area contributed by atoms with Crippen LogP contribution in [0.1, 0.15) is 56.8 Å². The van der Waals surface area contributed by atoms with Gasteiger partial charge in [0.1, 0.15) is 16.8 Å². The lowest BCUT2D eigenvalue weighted by Gasteiger charge is -2.11. The third-order valence-corrected chi connectivity index (χ3v) is 5.88. The van der Waals surface area contributed by atoms with Crippen LogP contribution >= 0.6 is 11.3 Å². The number of fused-ring (bicyclic) bond motifs is 1. The van der Waals surface area contributed by atoms with Crippen LogP contribution in [0.3, 0.4) is 0 Å². The summed E-state index contributed by atoms with van der Waals surface area (Å²) in [5, 5.41) is 10.4. The van der Waals surface area contributed by atoms with Crippen molar-refractivity contribution < 1.29 is 4.74 Å². The maximum absolute atomic E-state index is 9.46. The molecule has 2 N–H and O–H groups in total. The zero-order chi connectivity index (χ0) is 21.0. The van der Waals surface area contributed by atoms with Gasteiger partial charge in [0.15, 0.2) is 0 Å². The Bertz CT molecular complexity index is 1030. The molecule has 0 saturated heterocycles. The number of rotatable bonds is 4. The summed E-state index contributed by atoms with van der Waals surface area (Å²) in [6.07, 6.45) is 3.96. The van der Waals surface area contributed by atoms with Gasteiger partial charge in [0, 0.05) is 17.8 Å². The van der Waals surface area contributed by atoms with Gasteiger partial charge in [-0.1, -0.05) is 32.0 Å². The fraction of sp³-hybridized carbons (Fsp3) is 0.333. The highest BCUT2D eigenvalue weighted by Gasteiger charge is 2.22. The number of aromatic nitrogens is 1. The number of ether oxygens (including phenoxy) is 1. The minimum atomic E-state index is 0.0287. The van der Waals surface area contributed by atoms with Crippen LogP contribution in [0.25, 0.3) is 21.0 Å².